The lowest BCUT2D eigenvalue weighted by atomic mass is 10.3. The first-order valence-electron chi connectivity index (χ1n) is 5.78. The zero-order chi connectivity index (χ0) is 12.3. The van der Waals surface area contributed by atoms with Crippen LogP contribution in [0.4, 0.5) is 5.95 Å². The SMILES string of the molecule is COCCN(C)C(=O)c1cn2c(n1)NCCC2. The van der Waals surface area contributed by atoms with E-state index >= 15 is 0 Å². The first-order valence-corrected chi connectivity index (χ1v) is 5.78. The number of aryl methyl sites for hydroxylation is 1. The molecule has 0 bridgehead atoms. The van der Waals surface area contributed by atoms with Gasteiger partial charge in [-0.15, -0.1) is 0 Å². The van der Waals surface area contributed by atoms with E-state index < -0.39 is 0 Å². The van der Waals surface area contributed by atoms with Gasteiger partial charge in [0.25, 0.3) is 5.91 Å². The maximum absolute atomic E-state index is 12.0. The molecule has 1 amide bonds. The molecule has 1 aromatic rings. The highest BCUT2D eigenvalue weighted by atomic mass is 16.5. The van der Waals surface area contributed by atoms with Crippen LogP contribution in [0.2, 0.25) is 0 Å². The van der Waals surface area contributed by atoms with Gasteiger partial charge in [0.15, 0.2) is 0 Å². The van der Waals surface area contributed by atoms with Crippen LogP contribution in [-0.2, 0) is 11.3 Å². The zero-order valence-corrected chi connectivity index (χ0v) is 10.3. The summed E-state index contributed by atoms with van der Waals surface area (Å²) in [6.45, 7) is 2.95. The summed E-state index contributed by atoms with van der Waals surface area (Å²) < 4.78 is 6.93. The van der Waals surface area contributed by atoms with Gasteiger partial charge in [-0.1, -0.05) is 0 Å². The Balaban J connectivity index is 2.06. The summed E-state index contributed by atoms with van der Waals surface area (Å²) in [7, 11) is 3.38. The van der Waals surface area contributed by atoms with Crippen molar-refractivity contribution in [3.8, 4) is 0 Å². The van der Waals surface area contributed by atoms with Gasteiger partial charge in [0, 0.05) is 40.0 Å². The van der Waals surface area contributed by atoms with Gasteiger partial charge in [-0.05, 0) is 6.42 Å². The number of carbonyl (C=O) groups excluding carboxylic acids is 1. The van der Waals surface area contributed by atoms with E-state index in [1.807, 2.05) is 10.8 Å². The second-order valence-electron chi connectivity index (χ2n) is 4.14. The Bertz CT molecular complexity index is 379. The van der Waals surface area contributed by atoms with Crippen LogP contribution in [0.3, 0.4) is 0 Å². The van der Waals surface area contributed by atoms with Crippen LogP contribution in [0.1, 0.15) is 16.9 Å². The quantitative estimate of drug-likeness (QED) is 0.825. The molecule has 0 radical (unpaired) electrons. The Labute approximate surface area is 101 Å². The van der Waals surface area contributed by atoms with Crippen LogP contribution in [0.5, 0.6) is 0 Å². The molecule has 17 heavy (non-hydrogen) atoms. The Morgan fingerprint density at radius 1 is 1.71 bits per heavy atom. The van der Waals surface area contributed by atoms with Crippen LogP contribution in [-0.4, -0.2) is 54.2 Å². The molecule has 0 atom stereocenters. The van der Waals surface area contributed by atoms with Crippen molar-refractivity contribution in [2.75, 3.05) is 39.2 Å². The average Bonchev–Trinajstić information content (AvgIpc) is 2.78. The zero-order valence-electron chi connectivity index (χ0n) is 10.3. The van der Waals surface area contributed by atoms with Gasteiger partial charge < -0.3 is 19.5 Å². The Morgan fingerprint density at radius 3 is 3.24 bits per heavy atom. The third kappa shape index (κ3) is 2.58. The lowest BCUT2D eigenvalue weighted by Crippen LogP contribution is -2.30. The molecule has 1 N–H and O–H groups in total. The lowest BCUT2D eigenvalue weighted by Gasteiger charge is -2.14. The number of methoxy groups -OCH3 is 1. The van der Waals surface area contributed by atoms with E-state index in [0.717, 1.165) is 25.5 Å². The molecule has 0 saturated heterocycles. The molecule has 0 aliphatic carbocycles. The van der Waals surface area contributed by atoms with E-state index in [4.69, 9.17) is 4.74 Å². The molecule has 6 heteroatoms. The molecular formula is C11H18N4O2. The molecule has 0 saturated carbocycles. The van der Waals surface area contributed by atoms with Gasteiger partial charge in [-0.3, -0.25) is 4.79 Å². The highest BCUT2D eigenvalue weighted by Crippen LogP contribution is 2.14. The minimum atomic E-state index is -0.0641. The number of nitrogens with zero attached hydrogens (tertiary/aromatic N) is 3. The maximum Gasteiger partial charge on any atom is 0.273 e. The molecule has 0 fully saturated rings. The van der Waals surface area contributed by atoms with Crippen LogP contribution in [0.15, 0.2) is 6.20 Å². The molecule has 94 valence electrons. The number of fused-ring (bicyclic) bond motifs is 1. The smallest absolute Gasteiger partial charge is 0.273 e. The van der Waals surface area contributed by atoms with E-state index in [0.29, 0.717) is 18.8 Å². The maximum atomic E-state index is 12.0. The number of imidazole rings is 1. The summed E-state index contributed by atoms with van der Waals surface area (Å²) >= 11 is 0. The monoisotopic (exact) mass is 238 g/mol. The van der Waals surface area contributed by atoms with E-state index in [-0.39, 0.29) is 5.91 Å². The molecule has 1 aromatic heterocycles. The third-order valence-corrected chi connectivity index (χ3v) is 2.83. The topological polar surface area (TPSA) is 59.4 Å². The lowest BCUT2D eigenvalue weighted by molar-refractivity contribution is 0.0739. The number of anilines is 1. The van der Waals surface area contributed by atoms with Crippen molar-refractivity contribution in [2.45, 2.75) is 13.0 Å². The second-order valence-corrected chi connectivity index (χ2v) is 4.14. The number of nitrogens with one attached hydrogen (secondary N) is 1. The number of aromatic nitrogens is 2. The molecule has 0 aromatic carbocycles. The van der Waals surface area contributed by atoms with Crippen molar-refractivity contribution < 1.29 is 9.53 Å². The highest BCUT2D eigenvalue weighted by Gasteiger charge is 2.18. The predicted molar refractivity (Wildman–Crippen MR) is 64.2 cm³/mol. The summed E-state index contributed by atoms with van der Waals surface area (Å²) in [5, 5.41) is 3.18. The van der Waals surface area contributed by atoms with Gasteiger partial charge in [0.1, 0.15) is 5.69 Å². The Hall–Kier alpha value is -1.56. The van der Waals surface area contributed by atoms with E-state index in [9.17, 15) is 4.79 Å². The molecule has 0 spiro atoms. The molecule has 0 unspecified atom stereocenters. The van der Waals surface area contributed by atoms with Gasteiger partial charge in [0.2, 0.25) is 5.95 Å². The molecule has 1 aliphatic rings. The number of ether oxygens (including phenoxy) is 1. The van der Waals surface area contributed by atoms with Gasteiger partial charge in [-0.25, -0.2) is 4.98 Å². The fourth-order valence-corrected chi connectivity index (χ4v) is 1.81. The van der Waals surface area contributed by atoms with E-state index in [1.54, 1.807) is 19.1 Å². The standard InChI is InChI=1S/C11H18N4O2/c1-14(6-7-17-2)10(16)9-8-15-5-3-4-12-11(15)13-9/h8H,3-7H2,1-2H3,(H,12,13). The fraction of sp³-hybridized carbons (Fsp3) is 0.636. The van der Waals surface area contributed by atoms with Crippen molar-refractivity contribution in [2.24, 2.45) is 0 Å². The van der Waals surface area contributed by atoms with Crippen LogP contribution in [0.25, 0.3) is 0 Å². The molecule has 1 aliphatic heterocycles. The average molecular weight is 238 g/mol. The molecule has 2 heterocycles. The number of hydrogen-bond acceptors (Lipinski definition) is 4. The van der Waals surface area contributed by atoms with Crippen LogP contribution < -0.4 is 5.32 Å². The first-order chi connectivity index (χ1) is 8.22. The van der Waals surface area contributed by atoms with Gasteiger partial charge in [0.05, 0.1) is 6.61 Å². The first kappa shape index (κ1) is 11.9. The van der Waals surface area contributed by atoms with Gasteiger partial charge >= 0.3 is 0 Å². The van der Waals surface area contributed by atoms with Crippen LogP contribution in [0, 0.1) is 0 Å². The number of rotatable bonds is 4. The fourth-order valence-electron chi connectivity index (χ4n) is 1.81. The van der Waals surface area contributed by atoms with Crippen molar-refractivity contribution in [1.29, 1.82) is 0 Å². The summed E-state index contributed by atoms with van der Waals surface area (Å²) in [6, 6.07) is 0. The third-order valence-electron chi connectivity index (χ3n) is 2.83. The number of hydrogen-bond donors (Lipinski definition) is 1. The molecule has 6 nitrogen and oxygen atoms in total. The summed E-state index contributed by atoms with van der Waals surface area (Å²) in [6.07, 6.45) is 2.88. The van der Waals surface area contributed by atoms with Crippen LogP contribution >= 0.6 is 0 Å². The number of likely N-dealkylation sites (N-methyl/N-ethyl adjacent to an activating group) is 1. The minimum absolute atomic E-state index is 0.0641. The largest absolute Gasteiger partial charge is 0.383 e. The number of carbonyl (C=O) groups is 1. The van der Waals surface area contributed by atoms with Crippen molar-refractivity contribution in [3.63, 3.8) is 0 Å². The van der Waals surface area contributed by atoms with Gasteiger partial charge in [-0.2, -0.15) is 0 Å². The van der Waals surface area contributed by atoms with Crippen molar-refractivity contribution in [3.05, 3.63) is 11.9 Å². The molecule has 2 rings (SSSR count). The van der Waals surface area contributed by atoms with Crippen molar-refractivity contribution >= 4 is 11.9 Å². The minimum Gasteiger partial charge on any atom is -0.383 e. The predicted octanol–water partition coefficient (Wildman–Crippen LogP) is 0.417. The summed E-state index contributed by atoms with van der Waals surface area (Å²) in [4.78, 5) is 18.0. The highest BCUT2D eigenvalue weighted by molar-refractivity contribution is 5.92. The summed E-state index contributed by atoms with van der Waals surface area (Å²) in [5.74, 6) is 0.727. The summed E-state index contributed by atoms with van der Waals surface area (Å²) in [5.41, 5.74) is 0.494. The Kier molecular flexibility index (Phi) is 3.63. The van der Waals surface area contributed by atoms with Crippen molar-refractivity contribution in [1.82, 2.24) is 14.5 Å². The normalized spacial score (nSPS) is 14.0. The Morgan fingerprint density at radius 2 is 2.53 bits per heavy atom. The van der Waals surface area contributed by atoms with E-state index in [2.05, 4.69) is 10.3 Å². The van der Waals surface area contributed by atoms with E-state index in [1.165, 1.54) is 0 Å². The molecular weight excluding hydrogens is 220 g/mol. The second kappa shape index (κ2) is 5.18. The number of amides is 1.